The first kappa shape index (κ1) is 21.9. The summed E-state index contributed by atoms with van der Waals surface area (Å²) in [6, 6.07) is 12.5. The van der Waals surface area contributed by atoms with Crippen LogP contribution in [0.1, 0.15) is 18.1 Å². The summed E-state index contributed by atoms with van der Waals surface area (Å²) < 4.78 is 13.6. The van der Waals surface area contributed by atoms with Gasteiger partial charge in [-0.3, -0.25) is 19.4 Å². The molecule has 1 fully saturated rings. The molecular formula is C23H29FN4O2. The van der Waals surface area contributed by atoms with Crippen molar-refractivity contribution in [1.82, 2.24) is 9.80 Å². The minimum atomic E-state index is -0.332. The molecule has 2 amide bonds. The first-order valence-corrected chi connectivity index (χ1v) is 10.3. The van der Waals surface area contributed by atoms with Crippen molar-refractivity contribution in [2.45, 2.75) is 20.3 Å². The summed E-state index contributed by atoms with van der Waals surface area (Å²) in [4.78, 5) is 28.8. The van der Waals surface area contributed by atoms with Gasteiger partial charge < -0.3 is 10.6 Å². The van der Waals surface area contributed by atoms with Gasteiger partial charge in [-0.15, -0.1) is 0 Å². The molecular weight excluding hydrogens is 383 g/mol. The normalized spacial score (nSPS) is 15.0. The molecule has 1 aliphatic heterocycles. The van der Waals surface area contributed by atoms with E-state index in [4.69, 9.17) is 0 Å². The van der Waals surface area contributed by atoms with E-state index in [-0.39, 0.29) is 24.2 Å². The minimum absolute atomic E-state index is 0.0245. The van der Waals surface area contributed by atoms with Gasteiger partial charge in [-0.2, -0.15) is 0 Å². The van der Waals surface area contributed by atoms with Crippen LogP contribution in [0.15, 0.2) is 42.5 Å². The SMILES string of the molecule is CCc1ccccc1NC(=O)CN1CCN(CC(=O)Nc2ccc(C)c(F)c2)CC1. The number of nitrogens with one attached hydrogen (secondary N) is 2. The van der Waals surface area contributed by atoms with Crippen LogP contribution in [0.25, 0.3) is 0 Å². The Labute approximate surface area is 177 Å². The average molecular weight is 413 g/mol. The predicted octanol–water partition coefficient (Wildman–Crippen LogP) is 2.89. The number of amides is 2. The van der Waals surface area contributed by atoms with E-state index in [1.165, 1.54) is 6.07 Å². The lowest BCUT2D eigenvalue weighted by Gasteiger charge is -2.33. The molecule has 2 aromatic rings. The molecule has 30 heavy (non-hydrogen) atoms. The zero-order valence-electron chi connectivity index (χ0n) is 17.6. The number of rotatable bonds is 7. The van der Waals surface area contributed by atoms with Crippen LogP contribution in [0.2, 0.25) is 0 Å². The van der Waals surface area contributed by atoms with Gasteiger partial charge in [0.25, 0.3) is 0 Å². The highest BCUT2D eigenvalue weighted by molar-refractivity contribution is 5.93. The molecule has 6 nitrogen and oxygen atoms in total. The second-order valence-corrected chi connectivity index (χ2v) is 7.62. The lowest BCUT2D eigenvalue weighted by molar-refractivity contribution is -0.120. The number of para-hydroxylation sites is 1. The van der Waals surface area contributed by atoms with Crippen LogP contribution in [0.5, 0.6) is 0 Å². The van der Waals surface area contributed by atoms with Crippen LogP contribution in [0.3, 0.4) is 0 Å². The number of carbonyl (C=O) groups is 2. The van der Waals surface area contributed by atoms with E-state index in [0.29, 0.717) is 30.9 Å². The Kier molecular flexibility index (Phi) is 7.54. The Morgan fingerprint density at radius 2 is 1.53 bits per heavy atom. The molecule has 0 aliphatic carbocycles. The zero-order chi connectivity index (χ0) is 21.5. The smallest absolute Gasteiger partial charge is 0.238 e. The Morgan fingerprint density at radius 1 is 0.933 bits per heavy atom. The van der Waals surface area contributed by atoms with E-state index < -0.39 is 0 Å². The van der Waals surface area contributed by atoms with Crippen molar-refractivity contribution in [2.75, 3.05) is 49.9 Å². The van der Waals surface area contributed by atoms with Gasteiger partial charge in [0.15, 0.2) is 0 Å². The third kappa shape index (κ3) is 6.11. The summed E-state index contributed by atoms with van der Waals surface area (Å²) >= 11 is 0. The summed E-state index contributed by atoms with van der Waals surface area (Å²) in [7, 11) is 0. The molecule has 2 N–H and O–H groups in total. The van der Waals surface area contributed by atoms with E-state index >= 15 is 0 Å². The summed E-state index contributed by atoms with van der Waals surface area (Å²) in [5, 5.41) is 5.74. The fourth-order valence-corrected chi connectivity index (χ4v) is 3.52. The van der Waals surface area contributed by atoms with Crippen molar-refractivity contribution in [3.8, 4) is 0 Å². The van der Waals surface area contributed by atoms with Crippen LogP contribution in [-0.4, -0.2) is 60.9 Å². The molecule has 0 aromatic heterocycles. The summed E-state index contributed by atoms with van der Waals surface area (Å²) in [6.45, 7) is 7.17. The van der Waals surface area contributed by atoms with Crippen LogP contribution in [0, 0.1) is 12.7 Å². The number of hydrogen-bond donors (Lipinski definition) is 2. The van der Waals surface area contributed by atoms with Crippen molar-refractivity contribution in [3.05, 3.63) is 59.4 Å². The van der Waals surface area contributed by atoms with Crippen LogP contribution >= 0.6 is 0 Å². The molecule has 0 saturated carbocycles. The average Bonchev–Trinajstić information content (AvgIpc) is 2.72. The first-order valence-electron chi connectivity index (χ1n) is 10.3. The number of hydrogen-bond acceptors (Lipinski definition) is 4. The van der Waals surface area contributed by atoms with E-state index in [2.05, 4.69) is 22.5 Å². The van der Waals surface area contributed by atoms with E-state index in [0.717, 1.165) is 30.8 Å². The predicted molar refractivity (Wildman–Crippen MR) is 117 cm³/mol. The zero-order valence-corrected chi connectivity index (χ0v) is 17.6. The van der Waals surface area contributed by atoms with Crippen molar-refractivity contribution < 1.29 is 14.0 Å². The van der Waals surface area contributed by atoms with Gasteiger partial charge in [-0.1, -0.05) is 31.2 Å². The molecule has 7 heteroatoms. The van der Waals surface area contributed by atoms with Gasteiger partial charge in [0.1, 0.15) is 5.82 Å². The topological polar surface area (TPSA) is 64.7 Å². The Morgan fingerprint density at radius 3 is 2.13 bits per heavy atom. The van der Waals surface area contributed by atoms with Gasteiger partial charge in [0.05, 0.1) is 13.1 Å². The molecule has 0 radical (unpaired) electrons. The number of nitrogens with zero attached hydrogens (tertiary/aromatic N) is 2. The second-order valence-electron chi connectivity index (χ2n) is 7.62. The van der Waals surface area contributed by atoms with Gasteiger partial charge in [0.2, 0.25) is 11.8 Å². The number of anilines is 2. The number of piperazine rings is 1. The maximum atomic E-state index is 13.6. The molecule has 3 rings (SSSR count). The number of aryl methyl sites for hydroxylation is 2. The van der Waals surface area contributed by atoms with Crippen molar-refractivity contribution in [3.63, 3.8) is 0 Å². The molecule has 1 heterocycles. The molecule has 160 valence electrons. The largest absolute Gasteiger partial charge is 0.325 e. The molecule has 1 aliphatic rings. The van der Waals surface area contributed by atoms with Crippen molar-refractivity contribution in [2.24, 2.45) is 0 Å². The van der Waals surface area contributed by atoms with Gasteiger partial charge in [-0.05, 0) is 42.7 Å². The maximum absolute atomic E-state index is 13.6. The van der Waals surface area contributed by atoms with Crippen LogP contribution < -0.4 is 10.6 Å². The van der Waals surface area contributed by atoms with Gasteiger partial charge in [0, 0.05) is 37.6 Å². The number of halogens is 1. The molecule has 0 atom stereocenters. The molecule has 2 aromatic carbocycles. The van der Waals surface area contributed by atoms with E-state index in [9.17, 15) is 14.0 Å². The standard InChI is InChI=1S/C23H29FN4O2/c1-3-18-6-4-5-7-21(18)26-23(30)16-28-12-10-27(11-13-28)15-22(29)25-19-9-8-17(2)20(24)14-19/h4-9,14H,3,10-13,15-16H2,1-2H3,(H,25,29)(H,26,30). The summed E-state index contributed by atoms with van der Waals surface area (Å²) in [5.74, 6) is -0.523. The summed E-state index contributed by atoms with van der Waals surface area (Å²) in [6.07, 6.45) is 0.867. The Bertz CT molecular complexity index is 895. The first-order chi connectivity index (χ1) is 14.4. The highest BCUT2D eigenvalue weighted by Gasteiger charge is 2.21. The monoisotopic (exact) mass is 412 g/mol. The quantitative estimate of drug-likeness (QED) is 0.734. The molecule has 0 bridgehead atoms. The Balaban J connectivity index is 1.41. The maximum Gasteiger partial charge on any atom is 0.238 e. The van der Waals surface area contributed by atoms with Gasteiger partial charge in [-0.25, -0.2) is 4.39 Å². The number of carbonyl (C=O) groups excluding carboxylic acids is 2. The third-order valence-electron chi connectivity index (χ3n) is 5.33. The van der Waals surface area contributed by atoms with E-state index in [1.54, 1.807) is 19.1 Å². The fourth-order valence-electron chi connectivity index (χ4n) is 3.52. The summed E-state index contributed by atoms with van der Waals surface area (Å²) in [5.41, 5.74) is 3.00. The molecule has 1 saturated heterocycles. The molecule has 0 spiro atoms. The lowest BCUT2D eigenvalue weighted by Crippen LogP contribution is -2.50. The van der Waals surface area contributed by atoms with Crippen molar-refractivity contribution >= 4 is 23.2 Å². The van der Waals surface area contributed by atoms with Crippen LogP contribution in [-0.2, 0) is 16.0 Å². The second kappa shape index (κ2) is 10.3. The Hall–Kier alpha value is -2.77. The van der Waals surface area contributed by atoms with E-state index in [1.807, 2.05) is 29.2 Å². The highest BCUT2D eigenvalue weighted by Crippen LogP contribution is 2.16. The van der Waals surface area contributed by atoms with Crippen molar-refractivity contribution in [1.29, 1.82) is 0 Å². The highest BCUT2D eigenvalue weighted by atomic mass is 19.1. The third-order valence-corrected chi connectivity index (χ3v) is 5.33. The minimum Gasteiger partial charge on any atom is -0.325 e. The number of benzene rings is 2. The van der Waals surface area contributed by atoms with Gasteiger partial charge >= 0.3 is 0 Å². The molecule has 0 unspecified atom stereocenters. The van der Waals surface area contributed by atoms with Crippen LogP contribution in [0.4, 0.5) is 15.8 Å². The lowest BCUT2D eigenvalue weighted by atomic mass is 10.1. The fraction of sp³-hybridized carbons (Fsp3) is 0.391.